The smallest absolute Gasteiger partial charge is 0.354 e. The van der Waals surface area contributed by atoms with E-state index in [0.29, 0.717) is 11.7 Å². The molecule has 19 heavy (non-hydrogen) atoms. The number of carbonyl (C=O) groups is 1. The summed E-state index contributed by atoms with van der Waals surface area (Å²) in [6.07, 6.45) is 2.02. The fraction of sp³-hybridized carbons (Fsp3) is 0.500. The van der Waals surface area contributed by atoms with Crippen LogP contribution in [0.4, 0.5) is 5.82 Å². The standard InChI is InChI=1S/C12H16N2O4S/c15-12(16)10-2-1-3-11(14-10)13-6-7-19(17,18)8-9-4-5-9/h1-3,9H,4-8H2,(H,13,14)(H,15,16). The summed E-state index contributed by atoms with van der Waals surface area (Å²) in [5, 5.41) is 11.6. The van der Waals surface area contributed by atoms with Gasteiger partial charge in [0.25, 0.3) is 0 Å². The van der Waals surface area contributed by atoms with Gasteiger partial charge in [0.15, 0.2) is 15.5 Å². The number of carboxylic acid groups (broad SMARTS) is 1. The average Bonchev–Trinajstić information content (AvgIpc) is 3.12. The molecule has 0 radical (unpaired) electrons. The van der Waals surface area contributed by atoms with E-state index in [-0.39, 0.29) is 23.7 Å². The molecule has 0 aromatic carbocycles. The summed E-state index contributed by atoms with van der Waals surface area (Å²) in [6, 6.07) is 4.56. The molecule has 7 heteroatoms. The topological polar surface area (TPSA) is 96.4 Å². The van der Waals surface area contributed by atoms with Crippen molar-refractivity contribution in [1.82, 2.24) is 4.98 Å². The first-order valence-electron chi connectivity index (χ1n) is 6.11. The number of pyridine rings is 1. The second-order valence-electron chi connectivity index (χ2n) is 4.70. The average molecular weight is 284 g/mol. The van der Waals surface area contributed by atoms with E-state index >= 15 is 0 Å². The van der Waals surface area contributed by atoms with Crippen molar-refractivity contribution in [2.45, 2.75) is 12.8 Å². The molecular formula is C12H16N2O4S. The number of anilines is 1. The minimum Gasteiger partial charge on any atom is -0.477 e. The van der Waals surface area contributed by atoms with Crippen molar-refractivity contribution >= 4 is 21.6 Å². The van der Waals surface area contributed by atoms with Crippen LogP contribution in [0.25, 0.3) is 0 Å². The molecule has 2 N–H and O–H groups in total. The molecule has 1 aliphatic rings. The van der Waals surface area contributed by atoms with Crippen LogP contribution in [0.1, 0.15) is 23.3 Å². The van der Waals surface area contributed by atoms with Crippen LogP contribution in [0.5, 0.6) is 0 Å². The third-order valence-corrected chi connectivity index (χ3v) is 4.68. The minimum atomic E-state index is -3.02. The quantitative estimate of drug-likeness (QED) is 0.776. The van der Waals surface area contributed by atoms with Crippen LogP contribution in [0.15, 0.2) is 18.2 Å². The normalized spacial score (nSPS) is 15.2. The Kier molecular flexibility index (Phi) is 4.04. The van der Waals surface area contributed by atoms with Crippen molar-refractivity contribution in [3.8, 4) is 0 Å². The first-order valence-corrected chi connectivity index (χ1v) is 7.93. The highest BCUT2D eigenvalue weighted by molar-refractivity contribution is 7.91. The van der Waals surface area contributed by atoms with Gasteiger partial charge in [-0.05, 0) is 30.9 Å². The van der Waals surface area contributed by atoms with Crippen molar-refractivity contribution in [1.29, 1.82) is 0 Å². The van der Waals surface area contributed by atoms with Crippen LogP contribution < -0.4 is 5.32 Å². The number of hydrogen-bond acceptors (Lipinski definition) is 5. The molecule has 1 fully saturated rings. The Bertz CT molecular complexity index is 567. The van der Waals surface area contributed by atoms with Crippen molar-refractivity contribution < 1.29 is 18.3 Å². The van der Waals surface area contributed by atoms with Crippen molar-refractivity contribution in [2.75, 3.05) is 23.4 Å². The number of aromatic carboxylic acids is 1. The lowest BCUT2D eigenvalue weighted by molar-refractivity contribution is 0.0690. The van der Waals surface area contributed by atoms with Crippen LogP contribution in [0, 0.1) is 5.92 Å². The van der Waals surface area contributed by atoms with Gasteiger partial charge in [-0.25, -0.2) is 18.2 Å². The van der Waals surface area contributed by atoms with Crippen LogP contribution in [0.2, 0.25) is 0 Å². The van der Waals surface area contributed by atoms with E-state index in [9.17, 15) is 13.2 Å². The van der Waals surface area contributed by atoms with Crippen LogP contribution in [0.3, 0.4) is 0 Å². The third kappa shape index (κ3) is 4.51. The zero-order valence-electron chi connectivity index (χ0n) is 10.4. The fourth-order valence-corrected chi connectivity index (χ4v) is 3.35. The summed E-state index contributed by atoms with van der Waals surface area (Å²) in [5.41, 5.74) is -0.0640. The molecule has 0 atom stereocenters. The van der Waals surface area contributed by atoms with Gasteiger partial charge in [-0.15, -0.1) is 0 Å². The molecule has 0 spiro atoms. The van der Waals surface area contributed by atoms with E-state index in [1.165, 1.54) is 6.07 Å². The van der Waals surface area contributed by atoms with E-state index in [4.69, 9.17) is 5.11 Å². The first kappa shape index (κ1) is 13.8. The number of carboxylic acids is 1. The lowest BCUT2D eigenvalue weighted by atomic mass is 10.3. The van der Waals surface area contributed by atoms with Gasteiger partial charge in [0, 0.05) is 6.54 Å². The Morgan fingerprint density at radius 2 is 2.16 bits per heavy atom. The Balaban J connectivity index is 1.84. The maximum atomic E-state index is 11.7. The van der Waals surface area contributed by atoms with E-state index < -0.39 is 15.8 Å². The van der Waals surface area contributed by atoms with Gasteiger partial charge in [-0.2, -0.15) is 0 Å². The van der Waals surface area contributed by atoms with Crippen molar-refractivity contribution in [3.63, 3.8) is 0 Å². The molecule has 0 amide bonds. The third-order valence-electron chi connectivity index (χ3n) is 2.87. The van der Waals surface area contributed by atoms with Gasteiger partial charge < -0.3 is 10.4 Å². The van der Waals surface area contributed by atoms with Gasteiger partial charge in [0.05, 0.1) is 11.5 Å². The number of nitrogens with zero attached hydrogens (tertiary/aromatic N) is 1. The highest BCUT2D eigenvalue weighted by Crippen LogP contribution is 2.30. The zero-order chi connectivity index (χ0) is 13.9. The van der Waals surface area contributed by atoms with E-state index in [1.54, 1.807) is 12.1 Å². The Morgan fingerprint density at radius 3 is 2.79 bits per heavy atom. The Labute approximate surface area is 111 Å². The van der Waals surface area contributed by atoms with Gasteiger partial charge >= 0.3 is 5.97 Å². The number of aromatic nitrogens is 1. The monoisotopic (exact) mass is 284 g/mol. The number of rotatable bonds is 7. The number of hydrogen-bond donors (Lipinski definition) is 2. The summed E-state index contributed by atoms with van der Waals surface area (Å²) in [7, 11) is -3.02. The van der Waals surface area contributed by atoms with E-state index in [1.807, 2.05) is 0 Å². The summed E-state index contributed by atoms with van der Waals surface area (Å²) in [6.45, 7) is 0.241. The SMILES string of the molecule is O=C(O)c1cccc(NCCS(=O)(=O)CC2CC2)n1. The molecule has 0 bridgehead atoms. The molecule has 1 aromatic rings. The maximum absolute atomic E-state index is 11.7. The van der Waals surface area contributed by atoms with Gasteiger partial charge in [0.1, 0.15) is 5.82 Å². The summed E-state index contributed by atoms with van der Waals surface area (Å²) in [4.78, 5) is 14.6. The van der Waals surface area contributed by atoms with Gasteiger partial charge in [-0.3, -0.25) is 0 Å². The number of sulfone groups is 1. The molecule has 6 nitrogen and oxygen atoms in total. The molecule has 0 aliphatic heterocycles. The zero-order valence-corrected chi connectivity index (χ0v) is 11.2. The van der Waals surface area contributed by atoms with Gasteiger partial charge in [0.2, 0.25) is 0 Å². The molecule has 1 aliphatic carbocycles. The van der Waals surface area contributed by atoms with Crippen LogP contribution >= 0.6 is 0 Å². The first-order chi connectivity index (χ1) is 8.96. The molecular weight excluding hydrogens is 268 g/mol. The molecule has 0 unspecified atom stereocenters. The Hall–Kier alpha value is -1.63. The number of nitrogens with one attached hydrogen (secondary N) is 1. The molecule has 1 saturated carbocycles. The largest absolute Gasteiger partial charge is 0.477 e. The second kappa shape index (κ2) is 5.56. The lowest BCUT2D eigenvalue weighted by Crippen LogP contribution is -2.20. The summed E-state index contributed by atoms with van der Waals surface area (Å²) < 4.78 is 23.4. The second-order valence-corrected chi connectivity index (χ2v) is 6.93. The molecule has 1 aromatic heterocycles. The van der Waals surface area contributed by atoms with Crippen molar-refractivity contribution in [3.05, 3.63) is 23.9 Å². The van der Waals surface area contributed by atoms with Crippen molar-refractivity contribution in [2.24, 2.45) is 5.92 Å². The highest BCUT2D eigenvalue weighted by atomic mass is 32.2. The Morgan fingerprint density at radius 1 is 1.42 bits per heavy atom. The molecule has 0 saturated heterocycles. The predicted molar refractivity (Wildman–Crippen MR) is 71.1 cm³/mol. The lowest BCUT2D eigenvalue weighted by Gasteiger charge is -2.06. The summed E-state index contributed by atoms with van der Waals surface area (Å²) in [5.74, 6) is -0.0790. The van der Waals surface area contributed by atoms with E-state index in [2.05, 4.69) is 10.3 Å². The maximum Gasteiger partial charge on any atom is 0.354 e. The van der Waals surface area contributed by atoms with Gasteiger partial charge in [-0.1, -0.05) is 6.07 Å². The van der Waals surface area contributed by atoms with Crippen LogP contribution in [-0.4, -0.2) is 42.5 Å². The van der Waals surface area contributed by atoms with Crippen LogP contribution in [-0.2, 0) is 9.84 Å². The minimum absolute atomic E-state index is 0.0441. The summed E-state index contributed by atoms with van der Waals surface area (Å²) >= 11 is 0. The molecule has 104 valence electrons. The van der Waals surface area contributed by atoms with E-state index in [0.717, 1.165) is 12.8 Å². The molecule has 2 rings (SSSR count). The fourth-order valence-electron chi connectivity index (χ4n) is 1.71. The molecule has 1 heterocycles. The highest BCUT2D eigenvalue weighted by Gasteiger charge is 2.27. The predicted octanol–water partition coefficient (Wildman–Crippen LogP) is 1.02.